The topological polar surface area (TPSA) is 42.2 Å². The van der Waals surface area contributed by atoms with Crippen molar-refractivity contribution in [3.63, 3.8) is 0 Å². The van der Waals surface area contributed by atoms with Gasteiger partial charge in [0.1, 0.15) is 11.5 Å². The number of halogens is 4. The Kier molecular flexibility index (Phi) is 4.02. The lowest BCUT2D eigenvalue weighted by molar-refractivity contribution is -0.141. The summed E-state index contributed by atoms with van der Waals surface area (Å²) in [4.78, 5) is 4.65. The molecule has 112 valence electrons. The van der Waals surface area contributed by atoms with Crippen molar-refractivity contribution in [2.45, 2.75) is 13.1 Å². The van der Waals surface area contributed by atoms with Gasteiger partial charge in [-0.05, 0) is 25.1 Å². The average Bonchev–Trinajstić information content (AvgIpc) is 2.42. The number of nitrogen functional groups attached to an aromatic ring is 1. The van der Waals surface area contributed by atoms with Gasteiger partial charge < -0.3 is 10.6 Å². The molecule has 0 unspecified atom stereocenters. The van der Waals surface area contributed by atoms with Crippen LogP contribution in [-0.4, -0.2) is 11.5 Å². The summed E-state index contributed by atoms with van der Waals surface area (Å²) >= 11 is 0. The van der Waals surface area contributed by atoms with Gasteiger partial charge in [0.05, 0.1) is 23.3 Å². The number of aromatic nitrogens is 1. The van der Waals surface area contributed by atoms with Gasteiger partial charge in [-0.25, -0.2) is 9.37 Å². The number of anilines is 3. The van der Waals surface area contributed by atoms with Gasteiger partial charge in [-0.15, -0.1) is 0 Å². The van der Waals surface area contributed by atoms with Crippen LogP contribution in [0.1, 0.15) is 12.6 Å². The molecule has 3 nitrogen and oxygen atoms in total. The third kappa shape index (κ3) is 3.07. The molecule has 0 spiro atoms. The van der Waals surface area contributed by atoms with Gasteiger partial charge in [-0.1, -0.05) is 12.1 Å². The number of pyridine rings is 1. The Morgan fingerprint density at radius 1 is 1.19 bits per heavy atom. The zero-order valence-corrected chi connectivity index (χ0v) is 11.2. The molecule has 0 radical (unpaired) electrons. The van der Waals surface area contributed by atoms with E-state index in [2.05, 4.69) is 4.98 Å². The summed E-state index contributed by atoms with van der Waals surface area (Å²) < 4.78 is 52.1. The summed E-state index contributed by atoms with van der Waals surface area (Å²) in [6, 6.07) is 6.64. The fraction of sp³-hybridized carbons (Fsp3) is 0.214. The number of rotatable bonds is 3. The highest BCUT2D eigenvalue weighted by atomic mass is 19.4. The number of nitrogens with two attached hydrogens (primary N) is 1. The molecular formula is C14H13F4N3. The van der Waals surface area contributed by atoms with Crippen LogP contribution in [0.3, 0.4) is 0 Å². The summed E-state index contributed by atoms with van der Waals surface area (Å²) in [6.45, 7) is 1.95. The second-order valence-corrected chi connectivity index (χ2v) is 4.32. The van der Waals surface area contributed by atoms with Crippen LogP contribution in [-0.2, 0) is 6.18 Å². The minimum absolute atomic E-state index is 0.0492. The lowest BCUT2D eigenvalue weighted by Gasteiger charge is -2.25. The molecule has 2 rings (SSSR count). The molecule has 1 aromatic heterocycles. The van der Waals surface area contributed by atoms with Crippen LogP contribution in [0.15, 0.2) is 36.5 Å². The Balaban J connectivity index is 2.55. The summed E-state index contributed by atoms with van der Waals surface area (Å²) in [5, 5.41) is 0. The molecule has 2 N–H and O–H groups in total. The Morgan fingerprint density at radius 2 is 1.86 bits per heavy atom. The zero-order chi connectivity index (χ0) is 15.6. The van der Waals surface area contributed by atoms with E-state index in [1.54, 1.807) is 13.0 Å². The molecule has 0 bridgehead atoms. The number of nitrogens with zero attached hydrogens (tertiary/aromatic N) is 2. The standard InChI is InChI=1S/C14H13F4N3/c1-2-21(11-6-4-3-5-9(11)15)12-7-13(14(16,17)18)20-8-10(12)19/h3-8H,2,19H2,1H3. The second-order valence-electron chi connectivity index (χ2n) is 4.32. The summed E-state index contributed by atoms with van der Waals surface area (Å²) in [7, 11) is 0. The van der Waals surface area contributed by atoms with E-state index in [1.807, 2.05) is 0 Å². The number of alkyl halides is 3. The minimum atomic E-state index is -4.59. The molecule has 0 aliphatic carbocycles. The minimum Gasteiger partial charge on any atom is -0.396 e. The van der Waals surface area contributed by atoms with Crippen molar-refractivity contribution >= 4 is 17.1 Å². The fourth-order valence-corrected chi connectivity index (χ4v) is 1.99. The third-order valence-corrected chi connectivity index (χ3v) is 2.95. The Hall–Kier alpha value is -2.31. The lowest BCUT2D eigenvalue weighted by Crippen LogP contribution is -2.20. The van der Waals surface area contributed by atoms with Gasteiger partial charge in [0.25, 0.3) is 0 Å². The summed E-state index contributed by atoms with van der Waals surface area (Å²) in [5.41, 5.74) is 4.92. The molecule has 0 saturated carbocycles. The van der Waals surface area contributed by atoms with Crippen LogP contribution in [0.25, 0.3) is 0 Å². The molecule has 7 heteroatoms. The molecule has 1 aromatic carbocycles. The molecule has 2 aromatic rings. The van der Waals surface area contributed by atoms with E-state index in [1.165, 1.54) is 23.1 Å². The van der Waals surface area contributed by atoms with E-state index in [0.29, 0.717) is 0 Å². The zero-order valence-electron chi connectivity index (χ0n) is 11.2. The average molecular weight is 299 g/mol. The summed E-state index contributed by atoms with van der Waals surface area (Å²) in [5.74, 6) is -0.538. The monoisotopic (exact) mass is 299 g/mol. The van der Waals surface area contributed by atoms with Gasteiger partial charge in [0.2, 0.25) is 0 Å². The number of para-hydroxylation sites is 1. The highest BCUT2D eigenvalue weighted by Gasteiger charge is 2.33. The first-order valence-corrected chi connectivity index (χ1v) is 6.19. The Bertz CT molecular complexity index is 640. The van der Waals surface area contributed by atoms with E-state index in [4.69, 9.17) is 5.73 Å². The predicted molar refractivity (Wildman–Crippen MR) is 72.7 cm³/mol. The quantitative estimate of drug-likeness (QED) is 0.872. The lowest BCUT2D eigenvalue weighted by atomic mass is 10.2. The Morgan fingerprint density at radius 3 is 2.43 bits per heavy atom. The van der Waals surface area contributed by atoms with Crippen LogP contribution in [0.5, 0.6) is 0 Å². The van der Waals surface area contributed by atoms with Crippen molar-refractivity contribution in [1.29, 1.82) is 0 Å². The van der Waals surface area contributed by atoms with E-state index in [9.17, 15) is 17.6 Å². The molecule has 0 fully saturated rings. The van der Waals surface area contributed by atoms with Gasteiger partial charge in [-0.3, -0.25) is 0 Å². The van der Waals surface area contributed by atoms with Gasteiger partial charge in [0, 0.05) is 6.54 Å². The van der Waals surface area contributed by atoms with E-state index >= 15 is 0 Å². The van der Waals surface area contributed by atoms with Crippen LogP contribution in [0.4, 0.5) is 34.6 Å². The van der Waals surface area contributed by atoms with Crippen molar-refractivity contribution in [2.75, 3.05) is 17.2 Å². The van der Waals surface area contributed by atoms with Gasteiger partial charge >= 0.3 is 6.18 Å². The van der Waals surface area contributed by atoms with E-state index in [-0.39, 0.29) is 23.6 Å². The van der Waals surface area contributed by atoms with Crippen LogP contribution in [0.2, 0.25) is 0 Å². The van der Waals surface area contributed by atoms with Gasteiger partial charge in [-0.2, -0.15) is 13.2 Å². The maximum absolute atomic E-state index is 13.9. The van der Waals surface area contributed by atoms with Crippen molar-refractivity contribution in [3.8, 4) is 0 Å². The van der Waals surface area contributed by atoms with E-state index in [0.717, 1.165) is 12.3 Å². The van der Waals surface area contributed by atoms with Crippen LogP contribution in [0, 0.1) is 5.82 Å². The van der Waals surface area contributed by atoms with Crippen LogP contribution >= 0.6 is 0 Å². The predicted octanol–water partition coefficient (Wildman–Crippen LogP) is 3.98. The number of hydrogen-bond donors (Lipinski definition) is 1. The van der Waals surface area contributed by atoms with Crippen molar-refractivity contribution < 1.29 is 17.6 Å². The Labute approximate surface area is 119 Å². The molecule has 0 amide bonds. The van der Waals surface area contributed by atoms with Crippen LogP contribution < -0.4 is 10.6 Å². The maximum atomic E-state index is 13.9. The molecule has 0 aliphatic heterocycles. The first kappa shape index (κ1) is 15.1. The number of benzene rings is 1. The second kappa shape index (κ2) is 5.59. The normalized spacial score (nSPS) is 11.5. The van der Waals surface area contributed by atoms with Gasteiger partial charge in [0.15, 0.2) is 0 Å². The molecule has 0 saturated heterocycles. The highest BCUT2D eigenvalue weighted by Crippen LogP contribution is 2.36. The molecule has 21 heavy (non-hydrogen) atoms. The maximum Gasteiger partial charge on any atom is 0.433 e. The molecule has 1 heterocycles. The molecule has 0 aliphatic rings. The highest BCUT2D eigenvalue weighted by molar-refractivity contribution is 5.74. The molecule has 0 atom stereocenters. The smallest absolute Gasteiger partial charge is 0.396 e. The SMILES string of the molecule is CCN(c1cc(C(F)(F)F)ncc1N)c1ccccc1F. The first-order chi connectivity index (χ1) is 9.84. The summed E-state index contributed by atoms with van der Waals surface area (Å²) in [6.07, 6.45) is -3.65. The van der Waals surface area contributed by atoms with Crippen molar-refractivity contribution in [2.24, 2.45) is 0 Å². The largest absolute Gasteiger partial charge is 0.433 e. The van der Waals surface area contributed by atoms with Crippen molar-refractivity contribution in [3.05, 3.63) is 48.0 Å². The van der Waals surface area contributed by atoms with Crippen molar-refractivity contribution in [1.82, 2.24) is 4.98 Å². The first-order valence-electron chi connectivity index (χ1n) is 6.19. The number of hydrogen-bond acceptors (Lipinski definition) is 3. The fourth-order valence-electron chi connectivity index (χ4n) is 1.99. The van der Waals surface area contributed by atoms with E-state index < -0.39 is 17.7 Å². The molecular weight excluding hydrogens is 286 g/mol. The third-order valence-electron chi connectivity index (χ3n) is 2.95.